The van der Waals surface area contributed by atoms with Crippen LogP contribution in [0.25, 0.3) is 0 Å². The normalized spacial score (nSPS) is 14.5. The average molecular weight is 357 g/mol. The van der Waals surface area contributed by atoms with Crippen molar-refractivity contribution in [3.63, 3.8) is 0 Å². The SMILES string of the molecule is C[Si](C)(C)OC(CCCCc1ccccc1)c1ccc2c(c1)OCO2. The molecule has 1 unspecified atom stereocenters. The smallest absolute Gasteiger partial charge is 0.231 e. The molecule has 0 amide bonds. The van der Waals surface area contributed by atoms with Crippen LogP contribution in [0.3, 0.4) is 0 Å². The van der Waals surface area contributed by atoms with E-state index in [4.69, 9.17) is 13.9 Å². The highest BCUT2D eigenvalue weighted by atomic mass is 28.4. The number of hydrogen-bond donors (Lipinski definition) is 0. The van der Waals surface area contributed by atoms with Gasteiger partial charge >= 0.3 is 0 Å². The highest BCUT2D eigenvalue weighted by Gasteiger charge is 2.24. The molecule has 0 saturated carbocycles. The Hall–Kier alpha value is -1.78. The molecule has 0 fully saturated rings. The zero-order chi connectivity index (χ0) is 17.7. The van der Waals surface area contributed by atoms with Crippen LogP contribution in [0.1, 0.15) is 36.5 Å². The Morgan fingerprint density at radius 3 is 2.48 bits per heavy atom. The van der Waals surface area contributed by atoms with E-state index in [1.807, 2.05) is 6.07 Å². The lowest BCUT2D eigenvalue weighted by Crippen LogP contribution is -2.28. The molecule has 25 heavy (non-hydrogen) atoms. The highest BCUT2D eigenvalue weighted by molar-refractivity contribution is 6.69. The number of ether oxygens (including phenoxy) is 2. The van der Waals surface area contributed by atoms with Crippen LogP contribution in [-0.4, -0.2) is 15.1 Å². The van der Waals surface area contributed by atoms with E-state index >= 15 is 0 Å². The minimum absolute atomic E-state index is 0.136. The summed E-state index contributed by atoms with van der Waals surface area (Å²) in [5, 5.41) is 0. The molecule has 1 aliphatic rings. The van der Waals surface area contributed by atoms with Crippen LogP contribution in [-0.2, 0) is 10.8 Å². The number of fused-ring (bicyclic) bond motifs is 1. The van der Waals surface area contributed by atoms with E-state index in [1.165, 1.54) is 17.5 Å². The van der Waals surface area contributed by atoms with Gasteiger partial charge in [0.1, 0.15) is 0 Å². The summed E-state index contributed by atoms with van der Waals surface area (Å²) in [5.41, 5.74) is 2.61. The standard InChI is InChI=1S/C21H28O3Si/c1-25(2,3)24-19(12-8-7-11-17-9-5-4-6-10-17)18-13-14-20-21(15-18)23-16-22-20/h4-6,9-10,13-15,19H,7-8,11-12,16H2,1-3H3. The summed E-state index contributed by atoms with van der Waals surface area (Å²) in [4.78, 5) is 0. The van der Waals surface area contributed by atoms with E-state index < -0.39 is 8.32 Å². The molecule has 1 aliphatic heterocycles. The molecule has 0 radical (unpaired) electrons. The molecule has 0 bridgehead atoms. The third-order valence-corrected chi connectivity index (χ3v) is 5.28. The third kappa shape index (κ3) is 5.35. The maximum Gasteiger partial charge on any atom is 0.231 e. The first-order valence-corrected chi connectivity index (χ1v) is 12.5. The van der Waals surface area contributed by atoms with Gasteiger partial charge in [-0.15, -0.1) is 0 Å². The molecule has 3 nitrogen and oxygen atoms in total. The molecule has 2 aromatic rings. The number of hydrogen-bond acceptors (Lipinski definition) is 3. The fourth-order valence-electron chi connectivity index (χ4n) is 3.14. The van der Waals surface area contributed by atoms with Crippen LogP contribution in [0.15, 0.2) is 48.5 Å². The Morgan fingerprint density at radius 2 is 1.72 bits per heavy atom. The van der Waals surface area contributed by atoms with Gasteiger partial charge in [-0.05, 0) is 62.2 Å². The first-order valence-electron chi connectivity index (χ1n) is 9.12. The van der Waals surface area contributed by atoms with Crippen molar-refractivity contribution in [3.05, 3.63) is 59.7 Å². The zero-order valence-electron chi connectivity index (χ0n) is 15.5. The molecule has 0 saturated heterocycles. The van der Waals surface area contributed by atoms with Gasteiger partial charge in [0.15, 0.2) is 19.8 Å². The van der Waals surface area contributed by atoms with Crippen molar-refractivity contribution < 1.29 is 13.9 Å². The van der Waals surface area contributed by atoms with Crippen molar-refractivity contribution in [1.29, 1.82) is 0 Å². The van der Waals surface area contributed by atoms with Crippen LogP contribution in [0.5, 0.6) is 11.5 Å². The molecule has 1 atom stereocenters. The Labute approximate surface area is 152 Å². The van der Waals surface area contributed by atoms with Gasteiger partial charge in [-0.2, -0.15) is 0 Å². The van der Waals surface area contributed by atoms with E-state index in [9.17, 15) is 0 Å². The monoisotopic (exact) mass is 356 g/mol. The molecule has 0 aromatic heterocycles. The quantitative estimate of drug-likeness (QED) is 0.447. The van der Waals surface area contributed by atoms with Crippen LogP contribution in [0.2, 0.25) is 19.6 Å². The molecule has 3 rings (SSSR count). The summed E-state index contributed by atoms with van der Waals surface area (Å²) in [6.45, 7) is 7.06. The predicted octanol–water partition coefficient (Wildman–Crippen LogP) is 5.72. The lowest BCUT2D eigenvalue weighted by Gasteiger charge is -2.27. The fourth-order valence-corrected chi connectivity index (χ4v) is 4.24. The summed E-state index contributed by atoms with van der Waals surface area (Å²) < 4.78 is 17.4. The number of aryl methyl sites for hydroxylation is 1. The zero-order valence-corrected chi connectivity index (χ0v) is 16.5. The van der Waals surface area contributed by atoms with Gasteiger partial charge in [0.2, 0.25) is 6.79 Å². The minimum Gasteiger partial charge on any atom is -0.454 e. The second kappa shape index (κ2) is 8.06. The van der Waals surface area contributed by atoms with Crippen molar-refractivity contribution in [2.75, 3.05) is 6.79 Å². The van der Waals surface area contributed by atoms with E-state index in [1.54, 1.807) is 0 Å². The Kier molecular flexibility index (Phi) is 5.81. The van der Waals surface area contributed by atoms with Crippen molar-refractivity contribution in [2.24, 2.45) is 0 Å². The first-order chi connectivity index (χ1) is 12.0. The van der Waals surface area contributed by atoms with E-state index in [0.717, 1.165) is 30.8 Å². The maximum absolute atomic E-state index is 6.48. The number of unbranched alkanes of at least 4 members (excludes halogenated alkanes) is 1. The van der Waals surface area contributed by atoms with E-state index in [2.05, 4.69) is 62.1 Å². The summed E-state index contributed by atoms with van der Waals surface area (Å²) >= 11 is 0. The van der Waals surface area contributed by atoms with Gasteiger partial charge < -0.3 is 13.9 Å². The van der Waals surface area contributed by atoms with Crippen LogP contribution in [0, 0.1) is 0 Å². The topological polar surface area (TPSA) is 27.7 Å². The summed E-state index contributed by atoms with van der Waals surface area (Å²) in [6, 6.07) is 16.9. The minimum atomic E-state index is -1.62. The van der Waals surface area contributed by atoms with Crippen molar-refractivity contribution in [2.45, 2.75) is 51.4 Å². The fraction of sp³-hybridized carbons (Fsp3) is 0.429. The summed E-state index contributed by atoms with van der Waals surface area (Å²) in [6.07, 6.45) is 4.63. The number of benzene rings is 2. The maximum atomic E-state index is 6.48. The molecular weight excluding hydrogens is 328 g/mol. The second-order valence-electron chi connectivity index (χ2n) is 7.56. The molecule has 134 valence electrons. The van der Waals surface area contributed by atoms with Gasteiger partial charge in [-0.25, -0.2) is 0 Å². The van der Waals surface area contributed by atoms with Gasteiger partial charge in [-0.1, -0.05) is 42.8 Å². The van der Waals surface area contributed by atoms with Crippen LogP contribution >= 0.6 is 0 Å². The van der Waals surface area contributed by atoms with E-state index in [-0.39, 0.29) is 6.10 Å². The van der Waals surface area contributed by atoms with Gasteiger partial charge in [0.25, 0.3) is 0 Å². The van der Waals surface area contributed by atoms with Gasteiger partial charge in [0.05, 0.1) is 6.10 Å². The van der Waals surface area contributed by atoms with Crippen molar-refractivity contribution in [3.8, 4) is 11.5 Å². The molecular formula is C21H28O3Si. The summed E-state index contributed by atoms with van der Waals surface area (Å²) in [7, 11) is -1.62. The van der Waals surface area contributed by atoms with Gasteiger partial charge in [-0.3, -0.25) is 0 Å². The lowest BCUT2D eigenvalue weighted by atomic mass is 10.0. The molecule has 2 aromatic carbocycles. The Bertz CT molecular complexity index is 679. The second-order valence-corrected chi connectivity index (χ2v) is 12.0. The molecule has 0 aliphatic carbocycles. The average Bonchev–Trinajstić information content (AvgIpc) is 3.05. The Balaban J connectivity index is 1.61. The van der Waals surface area contributed by atoms with Crippen LogP contribution in [0.4, 0.5) is 0 Å². The molecule has 0 spiro atoms. The van der Waals surface area contributed by atoms with Crippen molar-refractivity contribution in [1.82, 2.24) is 0 Å². The van der Waals surface area contributed by atoms with Crippen LogP contribution < -0.4 is 9.47 Å². The van der Waals surface area contributed by atoms with E-state index in [0.29, 0.717) is 6.79 Å². The highest BCUT2D eigenvalue weighted by Crippen LogP contribution is 2.37. The third-order valence-electron chi connectivity index (χ3n) is 4.29. The van der Waals surface area contributed by atoms with Gasteiger partial charge in [0, 0.05) is 0 Å². The summed E-state index contributed by atoms with van der Waals surface area (Å²) in [5.74, 6) is 1.67. The Morgan fingerprint density at radius 1 is 0.960 bits per heavy atom. The molecule has 0 N–H and O–H groups in total. The lowest BCUT2D eigenvalue weighted by molar-refractivity contribution is 0.172. The molecule has 1 heterocycles. The predicted molar refractivity (Wildman–Crippen MR) is 104 cm³/mol. The first kappa shape index (κ1) is 18.0. The largest absolute Gasteiger partial charge is 0.454 e. The van der Waals surface area contributed by atoms with Crippen molar-refractivity contribution >= 4 is 8.32 Å². The molecule has 4 heteroatoms. The number of rotatable bonds is 8.